The normalized spacial score (nSPS) is 17.2. The van der Waals surface area contributed by atoms with E-state index in [2.05, 4.69) is 21.6 Å². The number of aromatic amines is 1. The molecule has 4 nitrogen and oxygen atoms in total. The van der Waals surface area contributed by atoms with Crippen molar-refractivity contribution in [3.05, 3.63) is 87.7 Å². The van der Waals surface area contributed by atoms with Crippen molar-refractivity contribution >= 4 is 17.5 Å². The average Bonchev–Trinajstić information content (AvgIpc) is 3.05. The molecule has 1 unspecified atom stereocenters. The molecule has 1 aromatic heterocycles. The number of carbonyl (C=O) groups is 1. The van der Waals surface area contributed by atoms with Gasteiger partial charge in [0.25, 0.3) is 5.91 Å². The lowest BCUT2D eigenvalue weighted by Gasteiger charge is -2.15. The van der Waals surface area contributed by atoms with Gasteiger partial charge in [0, 0.05) is 22.2 Å². The first kappa shape index (κ1) is 19.7. The molecule has 0 spiro atoms. The fourth-order valence-electron chi connectivity index (χ4n) is 4.24. The molecule has 0 fully saturated rings. The fraction of sp³-hybridized carbons (Fsp3) is 0.333. The Morgan fingerprint density at radius 2 is 2.03 bits per heavy atom. The van der Waals surface area contributed by atoms with Crippen molar-refractivity contribution in [2.45, 2.75) is 51.0 Å². The van der Waals surface area contributed by atoms with E-state index in [9.17, 15) is 4.79 Å². The van der Waals surface area contributed by atoms with Crippen LogP contribution < -0.4 is 5.32 Å². The topological polar surface area (TPSA) is 57.8 Å². The molecule has 2 N–H and O–H groups in total. The Labute approximate surface area is 176 Å². The van der Waals surface area contributed by atoms with Crippen LogP contribution in [0.2, 0.25) is 5.02 Å². The summed E-state index contributed by atoms with van der Waals surface area (Å²) in [6.45, 7) is 2.00. The Bertz CT molecular complexity index is 983. The van der Waals surface area contributed by atoms with Gasteiger partial charge in [0.1, 0.15) is 0 Å². The molecule has 29 heavy (non-hydrogen) atoms. The van der Waals surface area contributed by atoms with Gasteiger partial charge in [-0.3, -0.25) is 9.89 Å². The fourth-order valence-corrected chi connectivity index (χ4v) is 4.45. The maximum atomic E-state index is 13.0. The highest BCUT2D eigenvalue weighted by Crippen LogP contribution is 2.33. The summed E-state index contributed by atoms with van der Waals surface area (Å²) in [5.41, 5.74) is 5.03. The van der Waals surface area contributed by atoms with Crippen LogP contribution >= 0.6 is 11.6 Å². The van der Waals surface area contributed by atoms with Crippen LogP contribution in [-0.4, -0.2) is 16.1 Å². The third-order valence-electron chi connectivity index (χ3n) is 5.77. The van der Waals surface area contributed by atoms with Gasteiger partial charge < -0.3 is 5.32 Å². The summed E-state index contributed by atoms with van der Waals surface area (Å²) >= 11 is 6.17. The van der Waals surface area contributed by atoms with Gasteiger partial charge in [0.15, 0.2) is 5.69 Å². The predicted molar refractivity (Wildman–Crippen MR) is 116 cm³/mol. The molecule has 1 aliphatic carbocycles. The van der Waals surface area contributed by atoms with Crippen molar-refractivity contribution in [2.75, 3.05) is 0 Å². The van der Waals surface area contributed by atoms with E-state index in [0.29, 0.717) is 11.6 Å². The van der Waals surface area contributed by atoms with Crippen LogP contribution in [0.1, 0.15) is 71.0 Å². The number of nitrogens with one attached hydrogen (secondary N) is 2. The first-order valence-electron chi connectivity index (χ1n) is 10.3. The van der Waals surface area contributed by atoms with Gasteiger partial charge >= 0.3 is 0 Å². The second kappa shape index (κ2) is 8.83. The Morgan fingerprint density at radius 3 is 2.83 bits per heavy atom. The molecule has 0 aliphatic heterocycles. The second-order valence-corrected chi connectivity index (χ2v) is 8.28. The van der Waals surface area contributed by atoms with Crippen LogP contribution in [0.5, 0.6) is 0 Å². The first-order chi connectivity index (χ1) is 14.1. The van der Waals surface area contributed by atoms with E-state index < -0.39 is 0 Å². The van der Waals surface area contributed by atoms with Gasteiger partial charge in [-0.15, -0.1) is 0 Å². The lowest BCUT2D eigenvalue weighted by atomic mass is 9.91. The van der Waals surface area contributed by atoms with E-state index in [1.807, 2.05) is 55.5 Å². The summed E-state index contributed by atoms with van der Waals surface area (Å²) in [6, 6.07) is 18.0. The summed E-state index contributed by atoms with van der Waals surface area (Å²) in [5.74, 6) is 0.217. The molecule has 3 aromatic rings. The zero-order chi connectivity index (χ0) is 20.2. The molecule has 2 atom stereocenters. The van der Waals surface area contributed by atoms with Gasteiger partial charge in [-0.05, 0) is 55.9 Å². The third-order valence-corrected chi connectivity index (χ3v) is 6.01. The van der Waals surface area contributed by atoms with Gasteiger partial charge in [-0.1, -0.05) is 60.5 Å². The van der Waals surface area contributed by atoms with E-state index >= 15 is 0 Å². The van der Waals surface area contributed by atoms with Gasteiger partial charge in [0.2, 0.25) is 0 Å². The molecule has 5 heteroatoms. The molecule has 1 aliphatic rings. The number of amides is 1. The number of benzene rings is 2. The van der Waals surface area contributed by atoms with E-state index in [1.54, 1.807) is 0 Å². The Morgan fingerprint density at radius 1 is 1.21 bits per heavy atom. The Kier molecular flexibility index (Phi) is 6.00. The highest BCUT2D eigenvalue weighted by atomic mass is 35.5. The minimum atomic E-state index is -0.109. The number of halogens is 1. The van der Waals surface area contributed by atoms with Crippen molar-refractivity contribution in [2.24, 2.45) is 0 Å². The molecule has 1 heterocycles. The van der Waals surface area contributed by atoms with Gasteiger partial charge in [-0.2, -0.15) is 5.10 Å². The smallest absolute Gasteiger partial charge is 0.272 e. The minimum absolute atomic E-state index is 0.0657. The predicted octanol–water partition coefficient (Wildman–Crippen LogP) is 5.61. The van der Waals surface area contributed by atoms with Crippen molar-refractivity contribution in [1.82, 2.24) is 15.5 Å². The largest absolute Gasteiger partial charge is 0.344 e. The monoisotopic (exact) mass is 407 g/mol. The number of rotatable bonds is 5. The van der Waals surface area contributed by atoms with Crippen LogP contribution in [0, 0.1) is 0 Å². The van der Waals surface area contributed by atoms with Crippen molar-refractivity contribution in [3.8, 4) is 0 Å². The maximum absolute atomic E-state index is 13.0. The molecular weight excluding hydrogens is 382 g/mol. The highest BCUT2D eigenvalue weighted by Gasteiger charge is 2.27. The zero-order valence-electron chi connectivity index (χ0n) is 16.6. The molecule has 1 amide bonds. The summed E-state index contributed by atoms with van der Waals surface area (Å²) in [4.78, 5) is 13.0. The first-order valence-corrected chi connectivity index (χ1v) is 10.7. The molecule has 0 saturated carbocycles. The van der Waals surface area contributed by atoms with Crippen LogP contribution in [0.4, 0.5) is 0 Å². The number of fused-ring (bicyclic) bond motifs is 1. The number of aromatic nitrogens is 2. The van der Waals surface area contributed by atoms with Crippen molar-refractivity contribution < 1.29 is 4.79 Å². The molecule has 0 bridgehead atoms. The molecule has 150 valence electrons. The molecule has 0 radical (unpaired) electrons. The molecular formula is C24H26ClN3O. The Hall–Kier alpha value is -2.59. The summed E-state index contributed by atoms with van der Waals surface area (Å²) in [6.07, 6.45) is 5.10. The lowest BCUT2D eigenvalue weighted by molar-refractivity contribution is 0.0934. The van der Waals surface area contributed by atoms with E-state index in [-0.39, 0.29) is 11.9 Å². The quantitative estimate of drug-likeness (QED) is 0.540. The van der Waals surface area contributed by atoms with E-state index in [1.165, 1.54) is 5.56 Å². The summed E-state index contributed by atoms with van der Waals surface area (Å²) < 4.78 is 0. The van der Waals surface area contributed by atoms with Crippen LogP contribution in [0.15, 0.2) is 54.6 Å². The zero-order valence-corrected chi connectivity index (χ0v) is 17.4. The number of hydrogen-bond donors (Lipinski definition) is 2. The van der Waals surface area contributed by atoms with Gasteiger partial charge in [-0.25, -0.2) is 0 Å². The number of carbonyl (C=O) groups excluding carboxylic acids is 1. The highest BCUT2D eigenvalue weighted by molar-refractivity contribution is 6.30. The van der Waals surface area contributed by atoms with E-state index in [0.717, 1.165) is 53.9 Å². The maximum Gasteiger partial charge on any atom is 0.272 e. The number of H-pyrrole nitrogens is 1. The third kappa shape index (κ3) is 4.54. The minimum Gasteiger partial charge on any atom is -0.344 e. The van der Waals surface area contributed by atoms with Gasteiger partial charge in [0.05, 0.1) is 6.04 Å². The molecule has 0 saturated heterocycles. The standard InChI is InChI=1S/C24H26ClN3O/c1-16(18-9-3-2-4-10-18)26-24(29)23-21-13-6-5-11-19(22(21)27-28-23)14-17-8-7-12-20(25)15-17/h2-4,7-10,12,15-16,19H,5-6,11,13-14H2,1H3,(H,26,29)(H,27,28)/t16-,19?/m0/s1. The SMILES string of the molecule is C[C@H](NC(=O)c1n[nH]c2c1CCCCC2Cc1cccc(Cl)c1)c1ccccc1. The molecule has 2 aromatic carbocycles. The lowest BCUT2D eigenvalue weighted by Crippen LogP contribution is -2.27. The van der Waals surface area contributed by atoms with Crippen molar-refractivity contribution in [1.29, 1.82) is 0 Å². The van der Waals surface area contributed by atoms with Crippen LogP contribution in [0.25, 0.3) is 0 Å². The van der Waals surface area contributed by atoms with Crippen LogP contribution in [-0.2, 0) is 12.8 Å². The summed E-state index contributed by atoms with van der Waals surface area (Å²) in [5, 5.41) is 11.5. The van der Waals surface area contributed by atoms with E-state index in [4.69, 9.17) is 11.6 Å². The summed E-state index contributed by atoms with van der Waals surface area (Å²) in [7, 11) is 0. The van der Waals surface area contributed by atoms with Crippen molar-refractivity contribution in [3.63, 3.8) is 0 Å². The Balaban J connectivity index is 1.54. The number of nitrogens with zero attached hydrogens (tertiary/aromatic N) is 1. The second-order valence-electron chi connectivity index (χ2n) is 7.85. The average molecular weight is 408 g/mol. The number of hydrogen-bond acceptors (Lipinski definition) is 2. The molecule has 4 rings (SSSR count). The van der Waals surface area contributed by atoms with Crippen LogP contribution in [0.3, 0.4) is 0 Å².